The van der Waals surface area contributed by atoms with Crippen molar-refractivity contribution in [3.8, 4) is 56.4 Å². The van der Waals surface area contributed by atoms with Crippen molar-refractivity contribution in [2.45, 2.75) is 91.4 Å². The highest BCUT2D eigenvalue weighted by atomic mass is 15.0. The molecule has 254 valence electrons. The van der Waals surface area contributed by atoms with E-state index in [4.69, 9.17) is 15.0 Å². The van der Waals surface area contributed by atoms with E-state index in [1.165, 1.54) is 103 Å². The molecule has 0 radical (unpaired) electrons. The fourth-order valence-corrected chi connectivity index (χ4v) is 6.52. The predicted octanol–water partition coefficient (Wildman–Crippen LogP) is 13.3. The van der Waals surface area contributed by atoms with Crippen molar-refractivity contribution in [3.63, 3.8) is 0 Å². The number of nitrogens with zero attached hydrogens (tertiary/aromatic N) is 3. The molecule has 0 saturated heterocycles. The Morgan fingerprint density at radius 3 is 0.960 bits per heavy atom. The van der Waals surface area contributed by atoms with Crippen LogP contribution in [0.3, 0.4) is 0 Å². The van der Waals surface area contributed by atoms with Crippen molar-refractivity contribution < 1.29 is 0 Å². The SMILES string of the molecule is CCCCCCCCCCCCc1ccc(-c2nc(-c3ccc(-c4ccc(C)cc4)cc3)nc(-c3ccc(-c4ccc(C)cc4)cc3)n2)cc1. The van der Waals surface area contributed by atoms with Crippen LogP contribution in [0.2, 0.25) is 0 Å². The van der Waals surface area contributed by atoms with Crippen LogP contribution in [-0.2, 0) is 6.42 Å². The zero-order chi connectivity index (χ0) is 34.5. The van der Waals surface area contributed by atoms with E-state index in [0.29, 0.717) is 17.5 Å². The predicted molar refractivity (Wildman–Crippen MR) is 212 cm³/mol. The van der Waals surface area contributed by atoms with Gasteiger partial charge in [-0.3, -0.25) is 0 Å². The average molecular weight is 658 g/mol. The Morgan fingerprint density at radius 1 is 0.320 bits per heavy atom. The van der Waals surface area contributed by atoms with Crippen LogP contribution in [0.5, 0.6) is 0 Å². The lowest BCUT2D eigenvalue weighted by Crippen LogP contribution is -2.00. The van der Waals surface area contributed by atoms with Crippen LogP contribution in [0.25, 0.3) is 56.4 Å². The molecule has 0 fully saturated rings. The quantitative estimate of drug-likeness (QED) is 0.0972. The molecule has 0 spiro atoms. The Kier molecular flexibility index (Phi) is 12.4. The Labute approximate surface area is 299 Å². The summed E-state index contributed by atoms with van der Waals surface area (Å²) in [6, 6.07) is 43.2. The van der Waals surface area contributed by atoms with Crippen molar-refractivity contribution in [2.24, 2.45) is 0 Å². The lowest BCUT2D eigenvalue weighted by Gasteiger charge is -2.10. The number of aromatic nitrogens is 3. The standard InChI is InChI=1S/C47H51N3/c1-4-5-6-7-8-9-10-11-12-13-14-37-19-25-42(26-20-37)45-48-46(43-31-27-40(28-32-43)38-21-15-35(2)16-22-38)50-47(49-45)44-33-29-41(30-34-44)39-23-17-36(3)18-24-39/h15-34H,4-14H2,1-3H3. The maximum atomic E-state index is 5.02. The van der Waals surface area contributed by atoms with Crippen molar-refractivity contribution in [1.29, 1.82) is 0 Å². The van der Waals surface area contributed by atoms with Gasteiger partial charge in [-0.2, -0.15) is 0 Å². The van der Waals surface area contributed by atoms with Crippen LogP contribution in [0.1, 0.15) is 87.8 Å². The number of benzene rings is 5. The molecule has 0 aliphatic carbocycles. The molecule has 0 saturated carbocycles. The number of aryl methyl sites for hydroxylation is 3. The smallest absolute Gasteiger partial charge is 0.164 e. The molecule has 50 heavy (non-hydrogen) atoms. The third-order valence-corrected chi connectivity index (χ3v) is 9.72. The second kappa shape index (κ2) is 17.7. The highest BCUT2D eigenvalue weighted by Crippen LogP contribution is 2.29. The number of rotatable bonds is 16. The lowest BCUT2D eigenvalue weighted by atomic mass is 10.0. The van der Waals surface area contributed by atoms with Crippen molar-refractivity contribution in [3.05, 3.63) is 138 Å². The summed E-state index contributed by atoms with van der Waals surface area (Å²) in [5.41, 5.74) is 11.6. The Balaban J connectivity index is 1.19. The van der Waals surface area contributed by atoms with E-state index in [-0.39, 0.29) is 0 Å². The Bertz CT molecular complexity index is 1800. The summed E-state index contributed by atoms with van der Waals surface area (Å²) in [6.07, 6.45) is 14.7. The molecule has 0 amide bonds. The zero-order valence-electron chi connectivity index (χ0n) is 30.2. The highest BCUT2D eigenvalue weighted by molar-refractivity contribution is 5.72. The summed E-state index contributed by atoms with van der Waals surface area (Å²) < 4.78 is 0. The Morgan fingerprint density at radius 2 is 0.600 bits per heavy atom. The van der Waals surface area contributed by atoms with Gasteiger partial charge in [0.1, 0.15) is 0 Å². The van der Waals surface area contributed by atoms with Crippen LogP contribution in [0.15, 0.2) is 121 Å². The molecular weight excluding hydrogens is 607 g/mol. The molecule has 5 aromatic carbocycles. The van der Waals surface area contributed by atoms with Gasteiger partial charge in [-0.15, -0.1) is 0 Å². The topological polar surface area (TPSA) is 38.7 Å². The molecule has 0 aliphatic rings. The minimum atomic E-state index is 0.678. The van der Waals surface area contributed by atoms with Gasteiger partial charge in [0.2, 0.25) is 0 Å². The van der Waals surface area contributed by atoms with Crippen molar-refractivity contribution in [1.82, 2.24) is 15.0 Å². The maximum absolute atomic E-state index is 5.02. The van der Waals surface area contributed by atoms with Gasteiger partial charge in [-0.05, 0) is 54.5 Å². The van der Waals surface area contributed by atoms with E-state index in [9.17, 15) is 0 Å². The summed E-state index contributed by atoms with van der Waals surface area (Å²) >= 11 is 0. The monoisotopic (exact) mass is 657 g/mol. The van der Waals surface area contributed by atoms with E-state index < -0.39 is 0 Å². The summed E-state index contributed by atoms with van der Waals surface area (Å²) in [5, 5.41) is 0. The minimum absolute atomic E-state index is 0.678. The Hall–Kier alpha value is -4.89. The summed E-state index contributed by atoms with van der Waals surface area (Å²) in [6.45, 7) is 6.52. The molecule has 0 bridgehead atoms. The minimum Gasteiger partial charge on any atom is -0.208 e. The number of unbranched alkanes of at least 4 members (excludes halogenated alkanes) is 9. The van der Waals surface area contributed by atoms with Crippen LogP contribution < -0.4 is 0 Å². The first-order chi connectivity index (χ1) is 24.6. The average Bonchev–Trinajstić information content (AvgIpc) is 3.16. The van der Waals surface area contributed by atoms with E-state index in [2.05, 4.69) is 142 Å². The van der Waals surface area contributed by atoms with Crippen LogP contribution in [0.4, 0.5) is 0 Å². The first-order valence-electron chi connectivity index (χ1n) is 18.8. The zero-order valence-corrected chi connectivity index (χ0v) is 30.2. The first-order valence-corrected chi connectivity index (χ1v) is 18.8. The van der Waals surface area contributed by atoms with Gasteiger partial charge in [0.15, 0.2) is 17.5 Å². The molecule has 6 aromatic rings. The summed E-state index contributed by atoms with van der Waals surface area (Å²) in [4.78, 5) is 15.1. The van der Waals surface area contributed by atoms with Crippen LogP contribution >= 0.6 is 0 Å². The summed E-state index contributed by atoms with van der Waals surface area (Å²) in [5.74, 6) is 2.05. The van der Waals surface area contributed by atoms with Gasteiger partial charge in [-0.25, -0.2) is 15.0 Å². The molecular formula is C47H51N3. The van der Waals surface area contributed by atoms with Gasteiger partial charge in [0.05, 0.1) is 0 Å². The van der Waals surface area contributed by atoms with Gasteiger partial charge >= 0.3 is 0 Å². The molecule has 0 atom stereocenters. The third-order valence-electron chi connectivity index (χ3n) is 9.72. The van der Waals surface area contributed by atoms with Crippen LogP contribution in [-0.4, -0.2) is 15.0 Å². The molecule has 3 heteroatoms. The van der Waals surface area contributed by atoms with Gasteiger partial charge < -0.3 is 0 Å². The normalized spacial score (nSPS) is 11.2. The fourth-order valence-electron chi connectivity index (χ4n) is 6.52. The van der Waals surface area contributed by atoms with Crippen LogP contribution in [0, 0.1) is 13.8 Å². The van der Waals surface area contributed by atoms with Gasteiger partial charge in [0, 0.05) is 16.7 Å². The largest absolute Gasteiger partial charge is 0.208 e. The molecule has 1 aromatic heterocycles. The van der Waals surface area contributed by atoms with E-state index >= 15 is 0 Å². The van der Waals surface area contributed by atoms with E-state index in [0.717, 1.165) is 23.1 Å². The molecule has 1 heterocycles. The number of hydrogen-bond acceptors (Lipinski definition) is 3. The van der Waals surface area contributed by atoms with Crippen molar-refractivity contribution in [2.75, 3.05) is 0 Å². The summed E-state index contributed by atoms with van der Waals surface area (Å²) in [7, 11) is 0. The second-order valence-corrected chi connectivity index (χ2v) is 13.8. The molecule has 3 nitrogen and oxygen atoms in total. The lowest BCUT2D eigenvalue weighted by molar-refractivity contribution is 0.556. The second-order valence-electron chi connectivity index (χ2n) is 13.8. The van der Waals surface area contributed by atoms with E-state index in [1.54, 1.807) is 0 Å². The van der Waals surface area contributed by atoms with Gasteiger partial charge in [-0.1, -0.05) is 197 Å². The molecule has 0 unspecified atom stereocenters. The highest BCUT2D eigenvalue weighted by Gasteiger charge is 2.13. The van der Waals surface area contributed by atoms with Crippen molar-refractivity contribution >= 4 is 0 Å². The molecule has 0 N–H and O–H groups in total. The maximum Gasteiger partial charge on any atom is 0.164 e. The first kappa shape index (κ1) is 35.0. The molecule has 0 aliphatic heterocycles. The fraction of sp³-hybridized carbons (Fsp3) is 0.298. The van der Waals surface area contributed by atoms with Gasteiger partial charge in [0.25, 0.3) is 0 Å². The van der Waals surface area contributed by atoms with E-state index in [1.807, 2.05) is 0 Å². The third kappa shape index (κ3) is 9.63. The number of hydrogen-bond donors (Lipinski definition) is 0. The molecule has 6 rings (SSSR count).